The highest BCUT2D eigenvalue weighted by Crippen LogP contribution is 2.16. The number of hydrogen-bond donors (Lipinski definition) is 1. The van der Waals surface area contributed by atoms with Gasteiger partial charge in [-0.25, -0.2) is 4.98 Å². The van der Waals surface area contributed by atoms with Crippen LogP contribution in [0.2, 0.25) is 0 Å². The van der Waals surface area contributed by atoms with Gasteiger partial charge in [-0.05, 0) is 31.5 Å². The number of carbonyl (C=O) groups excluding carboxylic acids is 1. The van der Waals surface area contributed by atoms with E-state index in [1.165, 1.54) is 17.0 Å². The molecular weight excluding hydrogens is 324 g/mol. The summed E-state index contributed by atoms with van der Waals surface area (Å²) in [5.74, 6) is -0.269. The maximum atomic E-state index is 11.4. The Labute approximate surface area is 146 Å². The summed E-state index contributed by atoms with van der Waals surface area (Å²) in [4.78, 5) is 17.9. The predicted molar refractivity (Wildman–Crippen MR) is 99.1 cm³/mol. The molecule has 0 fully saturated rings. The summed E-state index contributed by atoms with van der Waals surface area (Å²) in [5.41, 5.74) is 5.74. The number of nitrogens with one attached hydrogen (secondary N) is 1. The number of ether oxygens (including phenoxy) is 1. The van der Waals surface area contributed by atoms with E-state index in [2.05, 4.69) is 46.5 Å². The molecule has 0 aliphatic carbocycles. The Morgan fingerprint density at radius 3 is 2.79 bits per heavy atom. The van der Waals surface area contributed by atoms with Crippen molar-refractivity contribution in [3.8, 4) is 0 Å². The molecule has 1 aromatic heterocycles. The van der Waals surface area contributed by atoms with E-state index < -0.39 is 0 Å². The van der Waals surface area contributed by atoms with Crippen LogP contribution in [0, 0.1) is 0 Å². The van der Waals surface area contributed by atoms with Crippen molar-refractivity contribution in [2.75, 3.05) is 30.5 Å². The highest BCUT2D eigenvalue weighted by molar-refractivity contribution is 7.13. The Morgan fingerprint density at radius 2 is 2.12 bits per heavy atom. The smallest absolute Gasteiger partial charge is 0.311 e. The highest BCUT2D eigenvalue weighted by Gasteiger charge is 2.07. The summed E-state index contributed by atoms with van der Waals surface area (Å²) in [6.45, 7) is 5.25. The van der Waals surface area contributed by atoms with Crippen molar-refractivity contribution in [1.82, 2.24) is 4.98 Å². The molecule has 2 rings (SSSR count). The first-order valence-electron chi connectivity index (χ1n) is 7.82. The molecule has 0 amide bonds. The second-order valence-corrected chi connectivity index (χ2v) is 5.96. The standard InChI is InChI=1S/C17H22N4O2S/c1-4-21(3)15-8-6-13(7-9-15)11-18-20-17-19-14(12-24-17)10-16(22)23-5-2/h6-9,11-12H,4-5,10H2,1-3H3,(H,19,20). The lowest BCUT2D eigenvalue weighted by Gasteiger charge is -2.16. The predicted octanol–water partition coefficient (Wildman–Crippen LogP) is 3.15. The van der Waals surface area contributed by atoms with Crippen LogP contribution in [0.15, 0.2) is 34.7 Å². The summed E-state index contributed by atoms with van der Waals surface area (Å²) in [5, 5.41) is 6.65. The Kier molecular flexibility index (Phi) is 6.74. The number of hydrazone groups is 1. The SMILES string of the molecule is CCOC(=O)Cc1csc(NN=Cc2ccc(N(C)CC)cc2)n1. The van der Waals surface area contributed by atoms with E-state index in [1.54, 1.807) is 13.1 Å². The molecule has 0 aliphatic heterocycles. The molecule has 1 N–H and O–H groups in total. The number of carbonyl (C=O) groups is 1. The average Bonchev–Trinajstić information content (AvgIpc) is 3.02. The minimum Gasteiger partial charge on any atom is -0.466 e. The maximum Gasteiger partial charge on any atom is 0.311 e. The maximum absolute atomic E-state index is 11.4. The molecule has 0 unspecified atom stereocenters. The van der Waals surface area contributed by atoms with E-state index in [-0.39, 0.29) is 12.4 Å². The molecule has 0 aliphatic rings. The second kappa shape index (κ2) is 9.02. The summed E-state index contributed by atoms with van der Waals surface area (Å²) in [7, 11) is 2.06. The third-order valence-electron chi connectivity index (χ3n) is 3.36. The highest BCUT2D eigenvalue weighted by atomic mass is 32.1. The molecule has 0 radical (unpaired) electrons. The van der Waals surface area contributed by atoms with Crippen LogP contribution in [0.4, 0.5) is 10.8 Å². The quantitative estimate of drug-likeness (QED) is 0.452. The summed E-state index contributed by atoms with van der Waals surface area (Å²) in [6, 6.07) is 8.15. The van der Waals surface area contributed by atoms with E-state index in [0.717, 1.165) is 12.1 Å². The third-order valence-corrected chi connectivity index (χ3v) is 4.16. The fourth-order valence-corrected chi connectivity index (χ4v) is 2.62. The zero-order valence-electron chi connectivity index (χ0n) is 14.2. The molecule has 0 bridgehead atoms. The average molecular weight is 346 g/mol. The Balaban J connectivity index is 1.87. The molecule has 128 valence electrons. The molecule has 0 atom stereocenters. The minimum atomic E-state index is -0.269. The number of aromatic nitrogens is 1. The lowest BCUT2D eigenvalue weighted by Crippen LogP contribution is -2.15. The third kappa shape index (κ3) is 5.34. The van der Waals surface area contributed by atoms with Crippen LogP contribution in [0.5, 0.6) is 0 Å². The van der Waals surface area contributed by atoms with Gasteiger partial charge in [-0.15, -0.1) is 11.3 Å². The van der Waals surface area contributed by atoms with E-state index in [4.69, 9.17) is 4.74 Å². The number of benzene rings is 1. The van der Waals surface area contributed by atoms with E-state index in [0.29, 0.717) is 17.4 Å². The Morgan fingerprint density at radius 1 is 1.38 bits per heavy atom. The molecular formula is C17H22N4O2S. The molecule has 0 saturated heterocycles. The molecule has 1 heterocycles. The van der Waals surface area contributed by atoms with Crippen molar-refractivity contribution < 1.29 is 9.53 Å². The molecule has 24 heavy (non-hydrogen) atoms. The normalized spacial score (nSPS) is 10.8. The molecule has 1 aromatic carbocycles. The van der Waals surface area contributed by atoms with Gasteiger partial charge in [0.2, 0.25) is 5.13 Å². The van der Waals surface area contributed by atoms with Crippen LogP contribution >= 0.6 is 11.3 Å². The van der Waals surface area contributed by atoms with Crippen molar-refractivity contribution in [1.29, 1.82) is 0 Å². The first-order valence-corrected chi connectivity index (χ1v) is 8.70. The zero-order valence-corrected chi connectivity index (χ0v) is 15.0. The number of thiazole rings is 1. The van der Waals surface area contributed by atoms with Gasteiger partial charge in [0.25, 0.3) is 0 Å². The van der Waals surface area contributed by atoms with Crippen molar-refractivity contribution in [2.45, 2.75) is 20.3 Å². The molecule has 2 aromatic rings. The fraction of sp³-hybridized carbons (Fsp3) is 0.353. The Bertz CT molecular complexity index is 682. The monoisotopic (exact) mass is 346 g/mol. The Hall–Kier alpha value is -2.41. The molecule has 7 heteroatoms. The van der Waals surface area contributed by atoms with Gasteiger partial charge in [0, 0.05) is 24.7 Å². The summed E-state index contributed by atoms with van der Waals surface area (Å²) in [6.07, 6.45) is 1.92. The van der Waals surface area contributed by atoms with Crippen LogP contribution < -0.4 is 10.3 Å². The number of hydrogen-bond acceptors (Lipinski definition) is 7. The van der Waals surface area contributed by atoms with E-state index in [1.807, 2.05) is 17.5 Å². The van der Waals surface area contributed by atoms with Gasteiger partial charge >= 0.3 is 5.97 Å². The lowest BCUT2D eigenvalue weighted by atomic mass is 10.2. The van der Waals surface area contributed by atoms with Crippen molar-refractivity contribution in [2.24, 2.45) is 5.10 Å². The van der Waals surface area contributed by atoms with Gasteiger partial charge in [0.1, 0.15) is 0 Å². The van der Waals surface area contributed by atoms with Crippen LogP contribution in [0.25, 0.3) is 0 Å². The molecule has 0 saturated carbocycles. The number of nitrogens with zero attached hydrogens (tertiary/aromatic N) is 3. The van der Waals surface area contributed by atoms with Gasteiger partial charge in [0.15, 0.2) is 0 Å². The van der Waals surface area contributed by atoms with Gasteiger partial charge in [-0.2, -0.15) is 5.10 Å². The fourth-order valence-electron chi connectivity index (χ4n) is 1.96. The molecule has 6 nitrogen and oxygen atoms in total. The topological polar surface area (TPSA) is 66.8 Å². The lowest BCUT2D eigenvalue weighted by molar-refractivity contribution is -0.142. The van der Waals surface area contributed by atoms with Crippen LogP contribution in [-0.4, -0.2) is 37.4 Å². The van der Waals surface area contributed by atoms with Crippen molar-refractivity contribution >= 4 is 34.3 Å². The summed E-state index contributed by atoms with van der Waals surface area (Å²) < 4.78 is 4.90. The zero-order chi connectivity index (χ0) is 17.4. The number of rotatable bonds is 8. The van der Waals surface area contributed by atoms with Crippen LogP contribution in [-0.2, 0) is 16.0 Å². The second-order valence-electron chi connectivity index (χ2n) is 5.10. The van der Waals surface area contributed by atoms with Crippen molar-refractivity contribution in [3.63, 3.8) is 0 Å². The number of esters is 1. The molecule has 0 spiro atoms. The largest absolute Gasteiger partial charge is 0.466 e. The van der Waals surface area contributed by atoms with Gasteiger partial charge < -0.3 is 9.64 Å². The first-order chi connectivity index (χ1) is 11.6. The summed E-state index contributed by atoms with van der Waals surface area (Å²) >= 11 is 1.40. The first kappa shape index (κ1) is 17.9. The van der Waals surface area contributed by atoms with Crippen molar-refractivity contribution in [3.05, 3.63) is 40.9 Å². The van der Waals surface area contributed by atoms with Gasteiger partial charge in [-0.3, -0.25) is 10.2 Å². The van der Waals surface area contributed by atoms with Crippen LogP contribution in [0.3, 0.4) is 0 Å². The van der Waals surface area contributed by atoms with E-state index >= 15 is 0 Å². The van der Waals surface area contributed by atoms with Crippen LogP contribution in [0.1, 0.15) is 25.1 Å². The number of anilines is 2. The minimum absolute atomic E-state index is 0.183. The van der Waals surface area contributed by atoms with Gasteiger partial charge in [0.05, 0.1) is 24.9 Å². The van der Waals surface area contributed by atoms with Gasteiger partial charge in [-0.1, -0.05) is 12.1 Å². The van der Waals surface area contributed by atoms with E-state index in [9.17, 15) is 4.79 Å².